The number of fused-ring (bicyclic) bond motifs is 2. The average molecular weight is 362 g/mol. The molecule has 0 bridgehead atoms. The molecule has 0 aliphatic carbocycles. The highest BCUT2D eigenvalue weighted by Crippen LogP contribution is 2.23. The molecule has 136 valence electrons. The van der Waals surface area contributed by atoms with Gasteiger partial charge in [0.25, 0.3) is 11.9 Å². The fraction of sp³-hybridized carbons (Fsp3) is 0.263. The van der Waals surface area contributed by atoms with Crippen molar-refractivity contribution < 1.29 is 9.21 Å². The maximum atomic E-state index is 12.8. The minimum atomic E-state index is -0.0210. The summed E-state index contributed by atoms with van der Waals surface area (Å²) in [5, 5.41) is 0. The van der Waals surface area contributed by atoms with Crippen LogP contribution in [0.2, 0.25) is 0 Å². The Labute approximate surface area is 155 Å². The topological polar surface area (TPSA) is 80.3 Å². The van der Waals surface area contributed by atoms with Gasteiger partial charge in [-0.25, -0.2) is 9.97 Å². The number of imidazole rings is 1. The van der Waals surface area contributed by atoms with Gasteiger partial charge < -0.3 is 18.8 Å². The Morgan fingerprint density at radius 1 is 1.07 bits per heavy atom. The molecule has 1 saturated heterocycles. The predicted molar refractivity (Wildman–Crippen MR) is 101 cm³/mol. The molecule has 8 nitrogen and oxygen atoms in total. The Morgan fingerprint density at radius 3 is 2.70 bits per heavy atom. The van der Waals surface area contributed by atoms with E-state index in [1.54, 1.807) is 18.6 Å². The third-order valence-corrected chi connectivity index (χ3v) is 4.92. The number of aromatic nitrogens is 4. The first-order valence-electron chi connectivity index (χ1n) is 8.86. The minimum Gasteiger partial charge on any atom is -0.423 e. The monoisotopic (exact) mass is 362 g/mol. The molecule has 27 heavy (non-hydrogen) atoms. The maximum Gasteiger partial charge on any atom is 0.298 e. The van der Waals surface area contributed by atoms with Gasteiger partial charge in [0, 0.05) is 39.4 Å². The van der Waals surface area contributed by atoms with Crippen LogP contribution in [0.3, 0.4) is 0 Å². The number of hydrogen-bond donors (Lipinski definition) is 0. The van der Waals surface area contributed by atoms with Crippen LogP contribution in [0.25, 0.3) is 22.3 Å². The summed E-state index contributed by atoms with van der Waals surface area (Å²) in [6.45, 7) is 2.57. The van der Waals surface area contributed by atoms with Gasteiger partial charge in [0.05, 0.1) is 11.9 Å². The highest BCUT2D eigenvalue weighted by Gasteiger charge is 2.25. The van der Waals surface area contributed by atoms with Crippen LogP contribution < -0.4 is 4.90 Å². The first kappa shape index (κ1) is 15.8. The molecule has 3 aromatic heterocycles. The molecule has 0 saturated carbocycles. The van der Waals surface area contributed by atoms with Crippen LogP contribution in [0.1, 0.15) is 10.4 Å². The van der Waals surface area contributed by atoms with Crippen LogP contribution in [0.5, 0.6) is 0 Å². The van der Waals surface area contributed by atoms with Crippen molar-refractivity contribution in [2.24, 2.45) is 7.05 Å². The SMILES string of the molecule is Cn1cnc2cc(C(=O)N3CCN(c4nc5ccccc5o4)CC3)cnc21. The fourth-order valence-corrected chi connectivity index (χ4v) is 3.41. The maximum absolute atomic E-state index is 12.8. The molecule has 1 amide bonds. The second-order valence-electron chi connectivity index (χ2n) is 6.67. The van der Waals surface area contributed by atoms with Crippen molar-refractivity contribution in [1.29, 1.82) is 0 Å². The molecule has 1 aliphatic rings. The van der Waals surface area contributed by atoms with E-state index in [4.69, 9.17) is 4.42 Å². The van der Waals surface area contributed by atoms with Gasteiger partial charge in [-0.15, -0.1) is 0 Å². The minimum absolute atomic E-state index is 0.0210. The molecule has 0 unspecified atom stereocenters. The number of carbonyl (C=O) groups is 1. The molecule has 0 N–H and O–H groups in total. The predicted octanol–water partition coefficient (Wildman–Crippen LogP) is 2.07. The smallest absolute Gasteiger partial charge is 0.298 e. The number of piperazine rings is 1. The molecule has 8 heteroatoms. The van der Waals surface area contributed by atoms with E-state index in [1.165, 1.54) is 0 Å². The van der Waals surface area contributed by atoms with Gasteiger partial charge in [-0.2, -0.15) is 4.98 Å². The van der Waals surface area contributed by atoms with Gasteiger partial charge >= 0.3 is 0 Å². The molecule has 1 aromatic carbocycles. The van der Waals surface area contributed by atoms with Crippen LogP contribution >= 0.6 is 0 Å². The van der Waals surface area contributed by atoms with E-state index < -0.39 is 0 Å². The van der Waals surface area contributed by atoms with Crippen molar-refractivity contribution in [1.82, 2.24) is 24.4 Å². The second-order valence-corrected chi connectivity index (χ2v) is 6.67. The lowest BCUT2D eigenvalue weighted by Crippen LogP contribution is -2.49. The summed E-state index contributed by atoms with van der Waals surface area (Å²) in [6, 6.07) is 10.1. The standard InChI is InChI=1S/C19H18N6O2/c1-23-12-21-15-10-13(11-20-17(15)23)18(26)24-6-8-25(9-7-24)19-22-14-4-2-3-5-16(14)27-19/h2-5,10-12H,6-9H2,1H3. The molecule has 1 aliphatic heterocycles. The quantitative estimate of drug-likeness (QED) is 0.543. The zero-order valence-electron chi connectivity index (χ0n) is 14.9. The molecular formula is C19H18N6O2. The van der Waals surface area contributed by atoms with E-state index in [0.29, 0.717) is 37.8 Å². The Hall–Kier alpha value is -3.42. The Morgan fingerprint density at radius 2 is 1.89 bits per heavy atom. The first-order valence-corrected chi connectivity index (χ1v) is 8.86. The third-order valence-electron chi connectivity index (χ3n) is 4.92. The van der Waals surface area contributed by atoms with Crippen molar-refractivity contribution in [2.45, 2.75) is 0 Å². The number of amides is 1. The van der Waals surface area contributed by atoms with E-state index >= 15 is 0 Å². The highest BCUT2D eigenvalue weighted by atomic mass is 16.4. The summed E-state index contributed by atoms with van der Waals surface area (Å²) in [5.41, 5.74) is 3.69. The van der Waals surface area contributed by atoms with E-state index in [9.17, 15) is 4.79 Å². The zero-order valence-corrected chi connectivity index (χ0v) is 14.9. The first-order chi connectivity index (χ1) is 13.2. The summed E-state index contributed by atoms with van der Waals surface area (Å²) in [6.07, 6.45) is 3.32. The number of pyridine rings is 1. The summed E-state index contributed by atoms with van der Waals surface area (Å²) in [5.74, 6) is -0.0210. The Kier molecular flexibility index (Phi) is 3.56. The molecule has 0 spiro atoms. The number of anilines is 1. The molecule has 1 fully saturated rings. The normalized spacial score (nSPS) is 15.0. The number of para-hydroxylation sites is 2. The number of rotatable bonds is 2. The van der Waals surface area contributed by atoms with Crippen molar-refractivity contribution in [3.63, 3.8) is 0 Å². The van der Waals surface area contributed by atoms with Crippen molar-refractivity contribution in [2.75, 3.05) is 31.1 Å². The van der Waals surface area contributed by atoms with Crippen LogP contribution in [0.4, 0.5) is 6.01 Å². The summed E-state index contributed by atoms with van der Waals surface area (Å²) >= 11 is 0. The fourth-order valence-electron chi connectivity index (χ4n) is 3.41. The molecular weight excluding hydrogens is 344 g/mol. The van der Waals surface area contributed by atoms with Gasteiger partial charge in [0.1, 0.15) is 11.0 Å². The lowest BCUT2D eigenvalue weighted by atomic mass is 10.2. The lowest BCUT2D eigenvalue weighted by Gasteiger charge is -2.33. The summed E-state index contributed by atoms with van der Waals surface area (Å²) in [4.78, 5) is 29.9. The van der Waals surface area contributed by atoms with Gasteiger partial charge in [-0.05, 0) is 18.2 Å². The lowest BCUT2D eigenvalue weighted by molar-refractivity contribution is 0.0745. The van der Waals surface area contributed by atoms with E-state index in [2.05, 4.69) is 19.9 Å². The molecule has 0 atom stereocenters. The number of carbonyl (C=O) groups excluding carboxylic acids is 1. The van der Waals surface area contributed by atoms with Crippen LogP contribution in [0, 0.1) is 0 Å². The van der Waals surface area contributed by atoms with E-state index in [-0.39, 0.29) is 5.91 Å². The van der Waals surface area contributed by atoms with E-state index in [0.717, 1.165) is 22.3 Å². The molecule has 4 heterocycles. The number of aryl methyl sites for hydroxylation is 1. The zero-order chi connectivity index (χ0) is 18.4. The van der Waals surface area contributed by atoms with Gasteiger partial charge in [0.15, 0.2) is 11.2 Å². The van der Waals surface area contributed by atoms with Gasteiger partial charge in [-0.3, -0.25) is 4.79 Å². The molecule has 5 rings (SSSR count). The van der Waals surface area contributed by atoms with Crippen molar-refractivity contribution in [3.8, 4) is 0 Å². The average Bonchev–Trinajstić information content (AvgIpc) is 3.31. The molecule has 0 radical (unpaired) electrons. The number of oxazole rings is 1. The van der Waals surface area contributed by atoms with Crippen LogP contribution in [-0.4, -0.2) is 56.5 Å². The summed E-state index contributed by atoms with van der Waals surface area (Å²) in [7, 11) is 1.88. The largest absolute Gasteiger partial charge is 0.423 e. The summed E-state index contributed by atoms with van der Waals surface area (Å²) < 4.78 is 7.67. The Balaban J connectivity index is 1.30. The van der Waals surface area contributed by atoms with Crippen LogP contribution in [-0.2, 0) is 7.05 Å². The van der Waals surface area contributed by atoms with E-state index in [1.807, 2.05) is 40.8 Å². The van der Waals surface area contributed by atoms with Gasteiger partial charge in [0.2, 0.25) is 0 Å². The second kappa shape index (κ2) is 6.08. The number of nitrogens with zero attached hydrogens (tertiary/aromatic N) is 6. The van der Waals surface area contributed by atoms with Gasteiger partial charge in [-0.1, -0.05) is 12.1 Å². The van der Waals surface area contributed by atoms with Crippen molar-refractivity contribution in [3.05, 3.63) is 48.4 Å². The molecule has 4 aromatic rings. The number of benzene rings is 1. The number of hydrogen-bond acceptors (Lipinski definition) is 6. The third kappa shape index (κ3) is 2.69. The van der Waals surface area contributed by atoms with Crippen molar-refractivity contribution >= 4 is 34.2 Å². The Bertz CT molecular complexity index is 1110. The van der Waals surface area contributed by atoms with Crippen LogP contribution in [0.15, 0.2) is 47.3 Å². The highest BCUT2D eigenvalue weighted by molar-refractivity contribution is 5.96.